The third-order valence-electron chi connectivity index (χ3n) is 6.20. The molecule has 1 atom stereocenters. The number of ether oxygens (including phenoxy) is 1. The van der Waals surface area contributed by atoms with E-state index in [4.69, 9.17) is 4.74 Å². The van der Waals surface area contributed by atoms with Crippen LogP contribution in [0.1, 0.15) is 28.4 Å². The van der Waals surface area contributed by atoms with Crippen LogP contribution >= 0.6 is 11.8 Å². The smallest absolute Gasteiger partial charge is 0.416 e. The molecule has 0 aliphatic rings. The predicted molar refractivity (Wildman–Crippen MR) is 165 cm³/mol. The molecule has 3 N–H and O–H groups in total. The van der Waals surface area contributed by atoms with E-state index in [1.54, 1.807) is 85.8 Å². The average molecular weight is 620 g/mol. The minimum Gasteiger partial charge on any atom is -0.496 e. The quantitative estimate of drug-likeness (QED) is 0.128. The molecule has 4 rings (SSSR count). The normalized spacial score (nSPS) is 12.2. The summed E-state index contributed by atoms with van der Waals surface area (Å²) >= 11 is 1.16. The molecule has 44 heavy (non-hydrogen) atoms. The van der Waals surface area contributed by atoms with Gasteiger partial charge in [0.2, 0.25) is 5.91 Å². The van der Waals surface area contributed by atoms with E-state index in [0.29, 0.717) is 27.5 Å². The summed E-state index contributed by atoms with van der Waals surface area (Å²) in [6.45, 7) is 1.62. The first-order valence-corrected chi connectivity index (χ1v) is 14.2. The van der Waals surface area contributed by atoms with Crippen LogP contribution in [0.4, 0.5) is 24.5 Å². The topological polar surface area (TPSA) is 96.5 Å². The van der Waals surface area contributed by atoms with E-state index in [1.165, 1.54) is 25.3 Å². The fourth-order valence-corrected chi connectivity index (χ4v) is 4.93. The van der Waals surface area contributed by atoms with Crippen molar-refractivity contribution in [3.63, 3.8) is 0 Å². The minimum atomic E-state index is -4.53. The SMILES string of the molecule is COc1ccccc1/C=C(/NC(=O)c1ccccc1)C(=O)Nc1cccc(SC(C)C(=O)Nc2cccc(C(F)(F)F)c2)c1. The van der Waals surface area contributed by atoms with Crippen molar-refractivity contribution >= 4 is 46.9 Å². The molecular formula is C33H28F3N3O4S. The molecule has 11 heteroatoms. The molecular weight excluding hydrogens is 591 g/mol. The lowest BCUT2D eigenvalue weighted by molar-refractivity contribution is -0.137. The Hall–Kier alpha value is -5.03. The summed E-state index contributed by atoms with van der Waals surface area (Å²) in [6, 6.07) is 26.6. The number of thioether (sulfide) groups is 1. The zero-order valence-electron chi connectivity index (χ0n) is 23.6. The fraction of sp³-hybridized carbons (Fsp3) is 0.121. The van der Waals surface area contributed by atoms with E-state index in [-0.39, 0.29) is 11.4 Å². The van der Waals surface area contributed by atoms with Crippen LogP contribution in [-0.2, 0) is 15.8 Å². The van der Waals surface area contributed by atoms with Crippen LogP contribution in [0.2, 0.25) is 0 Å². The highest BCUT2D eigenvalue weighted by Crippen LogP contribution is 2.31. The largest absolute Gasteiger partial charge is 0.496 e. The molecule has 0 bridgehead atoms. The van der Waals surface area contributed by atoms with Crippen LogP contribution in [0.15, 0.2) is 114 Å². The monoisotopic (exact) mass is 619 g/mol. The van der Waals surface area contributed by atoms with Gasteiger partial charge in [-0.2, -0.15) is 13.2 Å². The van der Waals surface area contributed by atoms with Gasteiger partial charge in [0.05, 0.1) is 17.9 Å². The maximum absolute atomic E-state index is 13.4. The van der Waals surface area contributed by atoms with Crippen LogP contribution < -0.4 is 20.7 Å². The van der Waals surface area contributed by atoms with E-state index in [1.807, 2.05) is 0 Å². The molecule has 0 radical (unpaired) electrons. The molecule has 0 saturated carbocycles. The highest BCUT2D eigenvalue weighted by molar-refractivity contribution is 8.00. The standard InChI is InChI=1S/C33H28F3N3O4S/c1-21(30(40)37-25-14-8-13-24(19-25)33(34,35)36)44-27-16-9-15-26(20-27)38-32(42)28(18-23-12-6-7-17-29(23)43-2)39-31(41)22-10-4-3-5-11-22/h3-21H,1-2H3,(H,37,40)(H,38,42)(H,39,41)/b28-18+. The summed E-state index contributed by atoms with van der Waals surface area (Å²) in [4.78, 5) is 39.7. The zero-order valence-corrected chi connectivity index (χ0v) is 24.5. The Balaban J connectivity index is 1.49. The molecule has 0 aliphatic carbocycles. The number of methoxy groups -OCH3 is 1. The van der Waals surface area contributed by atoms with Gasteiger partial charge in [0.25, 0.3) is 11.8 Å². The van der Waals surface area contributed by atoms with Crippen LogP contribution in [0, 0.1) is 0 Å². The summed E-state index contributed by atoms with van der Waals surface area (Å²) in [5.41, 5.74) is 0.462. The fourth-order valence-electron chi connectivity index (χ4n) is 4.00. The maximum Gasteiger partial charge on any atom is 0.416 e. The molecule has 0 spiro atoms. The molecule has 0 aromatic heterocycles. The van der Waals surface area contributed by atoms with Crippen molar-refractivity contribution in [2.45, 2.75) is 23.2 Å². The van der Waals surface area contributed by atoms with Gasteiger partial charge in [-0.25, -0.2) is 0 Å². The number of halogens is 3. The van der Waals surface area contributed by atoms with Gasteiger partial charge in [-0.05, 0) is 67.6 Å². The van der Waals surface area contributed by atoms with Gasteiger partial charge in [0.1, 0.15) is 11.4 Å². The van der Waals surface area contributed by atoms with E-state index in [0.717, 1.165) is 23.9 Å². The zero-order chi connectivity index (χ0) is 31.7. The van der Waals surface area contributed by atoms with Gasteiger partial charge in [-0.15, -0.1) is 11.8 Å². The van der Waals surface area contributed by atoms with Gasteiger partial charge >= 0.3 is 6.18 Å². The Bertz CT molecular complexity index is 1680. The third kappa shape index (κ3) is 8.74. The summed E-state index contributed by atoms with van der Waals surface area (Å²) in [5, 5.41) is 7.29. The summed E-state index contributed by atoms with van der Waals surface area (Å²) in [5.74, 6) is -1.07. The molecule has 226 valence electrons. The number of benzene rings is 4. The number of hydrogen-bond donors (Lipinski definition) is 3. The van der Waals surface area contributed by atoms with Crippen molar-refractivity contribution in [3.8, 4) is 5.75 Å². The van der Waals surface area contributed by atoms with Crippen LogP contribution in [-0.4, -0.2) is 30.1 Å². The minimum absolute atomic E-state index is 0.0322. The Morgan fingerprint density at radius 1 is 0.818 bits per heavy atom. The van der Waals surface area contributed by atoms with Gasteiger partial charge in [0.15, 0.2) is 0 Å². The Morgan fingerprint density at radius 2 is 1.48 bits per heavy atom. The first kappa shape index (κ1) is 31.9. The van der Waals surface area contributed by atoms with Crippen LogP contribution in [0.3, 0.4) is 0 Å². The second kappa shape index (κ2) is 14.4. The molecule has 3 amide bonds. The lowest BCUT2D eigenvalue weighted by Crippen LogP contribution is -2.30. The molecule has 0 saturated heterocycles. The number of nitrogens with one attached hydrogen (secondary N) is 3. The molecule has 4 aromatic rings. The van der Waals surface area contributed by atoms with E-state index < -0.39 is 34.7 Å². The van der Waals surface area contributed by atoms with Crippen LogP contribution in [0.25, 0.3) is 6.08 Å². The number of rotatable bonds is 10. The highest BCUT2D eigenvalue weighted by Gasteiger charge is 2.30. The molecule has 4 aromatic carbocycles. The van der Waals surface area contributed by atoms with Gasteiger partial charge in [-0.3, -0.25) is 14.4 Å². The summed E-state index contributed by atoms with van der Waals surface area (Å²) in [7, 11) is 1.50. The molecule has 0 fully saturated rings. The first-order valence-electron chi connectivity index (χ1n) is 13.3. The maximum atomic E-state index is 13.4. The Morgan fingerprint density at radius 3 is 2.18 bits per heavy atom. The molecule has 0 aliphatic heterocycles. The average Bonchev–Trinajstić information content (AvgIpc) is 3.01. The lowest BCUT2D eigenvalue weighted by atomic mass is 10.1. The van der Waals surface area contributed by atoms with Gasteiger partial charge < -0.3 is 20.7 Å². The molecule has 7 nitrogen and oxygen atoms in total. The van der Waals surface area contributed by atoms with Crippen molar-refractivity contribution in [2.75, 3.05) is 17.7 Å². The van der Waals surface area contributed by atoms with E-state index in [9.17, 15) is 27.6 Å². The van der Waals surface area contributed by atoms with Crippen molar-refractivity contribution in [1.29, 1.82) is 0 Å². The lowest BCUT2D eigenvalue weighted by Gasteiger charge is -2.15. The number of hydrogen-bond acceptors (Lipinski definition) is 5. The second-order valence-electron chi connectivity index (χ2n) is 9.43. The highest BCUT2D eigenvalue weighted by atomic mass is 32.2. The Labute approximate surface area is 256 Å². The van der Waals surface area contributed by atoms with Crippen molar-refractivity contribution in [1.82, 2.24) is 5.32 Å². The number of alkyl halides is 3. The third-order valence-corrected chi connectivity index (χ3v) is 7.29. The number of carbonyl (C=O) groups excluding carboxylic acids is 3. The molecule has 0 heterocycles. The van der Waals surface area contributed by atoms with Crippen molar-refractivity contribution in [3.05, 3.63) is 126 Å². The number of para-hydroxylation sites is 1. The summed E-state index contributed by atoms with van der Waals surface area (Å²) in [6.07, 6.45) is -3.02. The predicted octanol–water partition coefficient (Wildman–Crippen LogP) is 7.24. The van der Waals surface area contributed by atoms with E-state index in [2.05, 4.69) is 16.0 Å². The number of amides is 3. The van der Waals surface area contributed by atoms with Gasteiger partial charge in [-0.1, -0.05) is 48.5 Å². The van der Waals surface area contributed by atoms with Crippen molar-refractivity contribution < 1.29 is 32.3 Å². The van der Waals surface area contributed by atoms with E-state index >= 15 is 0 Å². The summed E-state index contributed by atoms with van der Waals surface area (Å²) < 4.78 is 44.5. The van der Waals surface area contributed by atoms with Gasteiger partial charge in [0, 0.05) is 27.4 Å². The second-order valence-corrected chi connectivity index (χ2v) is 10.8. The van der Waals surface area contributed by atoms with Crippen LogP contribution in [0.5, 0.6) is 5.75 Å². The first-order chi connectivity index (χ1) is 21.0. The van der Waals surface area contributed by atoms with Crippen molar-refractivity contribution in [2.24, 2.45) is 0 Å². The number of anilines is 2. The number of carbonyl (C=O) groups is 3. The molecule has 1 unspecified atom stereocenters. The Kier molecular flexibility index (Phi) is 10.5.